The van der Waals surface area contributed by atoms with Crippen molar-refractivity contribution in [1.29, 1.82) is 0 Å². The number of benzene rings is 1. The summed E-state index contributed by atoms with van der Waals surface area (Å²) in [6.45, 7) is 1.81. The maximum atomic E-state index is 11.6. The van der Waals surface area contributed by atoms with E-state index in [2.05, 4.69) is 10.6 Å². The molecule has 108 valence electrons. The van der Waals surface area contributed by atoms with E-state index in [1.807, 2.05) is 6.92 Å². The fourth-order valence-corrected chi connectivity index (χ4v) is 1.58. The molecular weight excluding hydrogens is 260 g/mol. The van der Waals surface area contributed by atoms with Crippen molar-refractivity contribution in [2.24, 2.45) is 0 Å². The molecule has 20 heavy (non-hydrogen) atoms. The topological polar surface area (TPSA) is 95.5 Å². The highest BCUT2D eigenvalue weighted by Gasteiger charge is 2.06. The maximum Gasteiger partial charge on any atom is 0.307 e. The number of hydrogen-bond acceptors (Lipinski definition) is 3. The van der Waals surface area contributed by atoms with Gasteiger partial charge < -0.3 is 15.7 Å². The number of carboxylic acid groups (broad SMARTS) is 1. The third-order valence-corrected chi connectivity index (χ3v) is 2.52. The third-order valence-electron chi connectivity index (χ3n) is 2.52. The lowest BCUT2D eigenvalue weighted by atomic mass is 10.1. The number of rotatable bonds is 7. The van der Waals surface area contributed by atoms with Gasteiger partial charge in [-0.3, -0.25) is 14.4 Å². The highest BCUT2D eigenvalue weighted by Crippen LogP contribution is 2.09. The lowest BCUT2D eigenvalue weighted by Crippen LogP contribution is -2.32. The van der Waals surface area contributed by atoms with Gasteiger partial charge in [-0.15, -0.1) is 0 Å². The first kappa shape index (κ1) is 15.7. The number of anilines is 1. The molecule has 1 rings (SSSR count). The molecule has 6 heteroatoms. The van der Waals surface area contributed by atoms with Crippen LogP contribution in [0.2, 0.25) is 0 Å². The Morgan fingerprint density at radius 2 is 1.75 bits per heavy atom. The van der Waals surface area contributed by atoms with E-state index in [1.54, 1.807) is 24.3 Å². The summed E-state index contributed by atoms with van der Waals surface area (Å²) < 4.78 is 0. The summed E-state index contributed by atoms with van der Waals surface area (Å²) in [5, 5.41) is 13.8. The van der Waals surface area contributed by atoms with Crippen LogP contribution in [0.25, 0.3) is 0 Å². The Morgan fingerprint density at radius 3 is 2.30 bits per heavy atom. The number of carbonyl (C=O) groups excluding carboxylic acids is 2. The smallest absolute Gasteiger partial charge is 0.307 e. The van der Waals surface area contributed by atoms with Crippen molar-refractivity contribution in [3.8, 4) is 0 Å². The molecule has 0 bridgehead atoms. The molecular formula is C14H18N2O4. The highest BCUT2D eigenvalue weighted by molar-refractivity contribution is 5.94. The van der Waals surface area contributed by atoms with Gasteiger partial charge in [0.2, 0.25) is 11.8 Å². The van der Waals surface area contributed by atoms with Crippen molar-refractivity contribution >= 4 is 23.5 Å². The van der Waals surface area contributed by atoms with Crippen molar-refractivity contribution in [3.05, 3.63) is 29.8 Å². The molecule has 6 nitrogen and oxygen atoms in total. The fraction of sp³-hybridized carbons (Fsp3) is 0.357. The lowest BCUT2D eigenvalue weighted by molar-refractivity contribution is -0.136. The summed E-state index contributed by atoms with van der Waals surface area (Å²) in [5.74, 6) is -1.37. The molecule has 0 unspecified atom stereocenters. The van der Waals surface area contributed by atoms with Crippen LogP contribution in [0.1, 0.15) is 25.3 Å². The van der Waals surface area contributed by atoms with Crippen molar-refractivity contribution in [2.75, 3.05) is 11.9 Å². The minimum atomic E-state index is -0.902. The minimum absolute atomic E-state index is 0.0543. The molecule has 0 saturated carbocycles. The number of nitrogens with one attached hydrogen (secondary N) is 2. The zero-order chi connectivity index (χ0) is 15.0. The normalized spacial score (nSPS) is 9.85. The SMILES string of the molecule is CCCC(=O)NCC(=O)Nc1ccc(CC(=O)O)cc1. The van der Waals surface area contributed by atoms with Gasteiger partial charge in [0.1, 0.15) is 0 Å². The summed E-state index contributed by atoms with van der Waals surface area (Å²) >= 11 is 0. The fourth-order valence-electron chi connectivity index (χ4n) is 1.58. The van der Waals surface area contributed by atoms with Crippen LogP contribution in [-0.4, -0.2) is 29.4 Å². The van der Waals surface area contributed by atoms with Gasteiger partial charge in [-0.2, -0.15) is 0 Å². The van der Waals surface area contributed by atoms with Crippen LogP contribution >= 0.6 is 0 Å². The summed E-state index contributed by atoms with van der Waals surface area (Å²) in [6.07, 6.45) is 1.08. The van der Waals surface area contributed by atoms with E-state index in [1.165, 1.54) is 0 Å². The number of amides is 2. The second kappa shape index (κ2) is 7.93. The lowest BCUT2D eigenvalue weighted by Gasteiger charge is -2.07. The molecule has 1 aromatic carbocycles. The van der Waals surface area contributed by atoms with Crippen molar-refractivity contribution in [1.82, 2.24) is 5.32 Å². The van der Waals surface area contributed by atoms with Gasteiger partial charge in [0.05, 0.1) is 13.0 Å². The van der Waals surface area contributed by atoms with Crippen LogP contribution in [0.5, 0.6) is 0 Å². The number of carboxylic acids is 1. The second-order valence-electron chi connectivity index (χ2n) is 4.34. The predicted molar refractivity (Wildman–Crippen MR) is 74.3 cm³/mol. The Balaban J connectivity index is 2.42. The van der Waals surface area contributed by atoms with Gasteiger partial charge in [-0.1, -0.05) is 19.1 Å². The zero-order valence-electron chi connectivity index (χ0n) is 11.3. The van der Waals surface area contributed by atoms with E-state index in [4.69, 9.17) is 5.11 Å². The molecule has 0 spiro atoms. The van der Waals surface area contributed by atoms with Crippen molar-refractivity contribution in [3.63, 3.8) is 0 Å². The third kappa shape index (κ3) is 5.99. The van der Waals surface area contributed by atoms with Gasteiger partial charge >= 0.3 is 5.97 Å². The summed E-state index contributed by atoms with van der Waals surface area (Å²) in [4.78, 5) is 33.3. The van der Waals surface area contributed by atoms with E-state index in [0.29, 0.717) is 17.7 Å². The average molecular weight is 278 g/mol. The van der Waals surface area contributed by atoms with E-state index < -0.39 is 5.97 Å². The van der Waals surface area contributed by atoms with Crippen LogP contribution in [0.4, 0.5) is 5.69 Å². The first-order chi connectivity index (χ1) is 9.51. The Bertz CT molecular complexity index is 482. The molecule has 1 aromatic rings. The van der Waals surface area contributed by atoms with Crippen LogP contribution in [0.3, 0.4) is 0 Å². The highest BCUT2D eigenvalue weighted by atomic mass is 16.4. The Morgan fingerprint density at radius 1 is 1.10 bits per heavy atom. The molecule has 0 heterocycles. The minimum Gasteiger partial charge on any atom is -0.481 e. The number of aliphatic carboxylic acids is 1. The van der Waals surface area contributed by atoms with Gasteiger partial charge in [0.15, 0.2) is 0 Å². The van der Waals surface area contributed by atoms with Gasteiger partial charge in [-0.25, -0.2) is 0 Å². The molecule has 2 amide bonds. The first-order valence-corrected chi connectivity index (χ1v) is 6.38. The van der Waals surface area contributed by atoms with Gasteiger partial charge in [-0.05, 0) is 24.1 Å². The van der Waals surface area contributed by atoms with Gasteiger partial charge in [0, 0.05) is 12.1 Å². The van der Waals surface area contributed by atoms with Crippen molar-refractivity contribution < 1.29 is 19.5 Å². The molecule has 3 N–H and O–H groups in total. The Kier molecular flexibility index (Phi) is 6.22. The summed E-state index contributed by atoms with van der Waals surface area (Å²) in [5.41, 5.74) is 1.22. The molecule has 0 aliphatic rings. The average Bonchev–Trinajstić information content (AvgIpc) is 2.38. The van der Waals surface area contributed by atoms with E-state index in [0.717, 1.165) is 6.42 Å². The molecule has 0 aromatic heterocycles. The molecule has 0 aliphatic carbocycles. The molecule has 0 aliphatic heterocycles. The van der Waals surface area contributed by atoms with Crippen LogP contribution in [0, 0.1) is 0 Å². The first-order valence-electron chi connectivity index (χ1n) is 6.38. The monoisotopic (exact) mass is 278 g/mol. The van der Waals surface area contributed by atoms with Crippen molar-refractivity contribution in [2.45, 2.75) is 26.2 Å². The maximum absolute atomic E-state index is 11.6. The summed E-state index contributed by atoms with van der Waals surface area (Å²) in [7, 11) is 0. The van der Waals surface area contributed by atoms with E-state index in [-0.39, 0.29) is 24.8 Å². The number of hydrogen-bond donors (Lipinski definition) is 3. The molecule has 0 fully saturated rings. The predicted octanol–water partition coefficient (Wildman–Crippen LogP) is 1.17. The van der Waals surface area contributed by atoms with Gasteiger partial charge in [0.25, 0.3) is 0 Å². The zero-order valence-corrected chi connectivity index (χ0v) is 11.3. The molecule has 0 atom stereocenters. The molecule has 0 saturated heterocycles. The number of carbonyl (C=O) groups is 3. The largest absolute Gasteiger partial charge is 0.481 e. The summed E-state index contributed by atoms with van der Waals surface area (Å²) in [6, 6.07) is 6.53. The van der Waals surface area contributed by atoms with Crippen LogP contribution < -0.4 is 10.6 Å². The van der Waals surface area contributed by atoms with Crippen LogP contribution in [0.15, 0.2) is 24.3 Å². The van der Waals surface area contributed by atoms with E-state index in [9.17, 15) is 14.4 Å². The van der Waals surface area contributed by atoms with Crippen LogP contribution in [-0.2, 0) is 20.8 Å². The van der Waals surface area contributed by atoms with E-state index >= 15 is 0 Å². The Hall–Kier alpha value is -2.37. The Labute approximate surface area is 117 Å². The quantitative estimate of drug-likeness (QED) is 0.697. The second-order valence-corrected chi connectivity index (χ2v) is 4.34. The standard InChI is InChI=1S/C14H18N2O4/c1-2-3-12(17)15-9-13(18)16-11-6-4-10(5-7-11)8-14(19)20/h4-7H,2-3,8-9H2,1H3,(H,15,17)(H,16,18)(H,19,20). The molecule has 0 radical (unpaired) electrons.